The summed E-state index contributed by atoms with van der Waals surface area (Å²) in [5.74, 6) is 0.714. The van der Waals surface area contributed by atoms with Crippen molar-refractivity contribution in [1.82, 2.24) is 9.55 Å². The highest BCUT2D eigenvalue weighted by Gasteiger charge is 2.25. The molecule has 0 aliphatic heterocycles. The molecule has 1 unspecified atom stereocenters. The van der Waals surface area contributed by atoms with Gasteiger partial charge in [-0.1, -0.05) is 12.8 Å². The zero-order valence-electron chi connectivity index (χ0n) is 11.1. The molecule has 19 heavy (non-hydrogen) atoms. The SMILES string of the molecule is COc1cc2c(cc1F)[nH]c(=S)n2C(C)CC1CC1. The molecular formula is C14H17FN2OS. The van der Waals surface area contributed by atoms with Crippen LogP contribution in [0.5, 0.6) is 5.75 Å². The Morgan fingerprint density at radius 3 is 2.89 bits per heavy atom. The smallest absolute Gasteiger partial charge is 0.178 e. The third kappa shape index (κ3) is 2.27. The Morgan fingerprint density at radius 1 is 1.53 bits per heavy atom. The van der Waals surface area contributed by atoms with Gasteiger partial charge in [0, 0.05) is 18.2 Å². The number of nitrogens with one attached hydrogen (secondary N) is 1. The van der Waals surface area contributed by atoms with Gasteiger partial charge in [-0.3, -0.25) is 0 Å². The molecule has 1 aromatic carbocycles. The van der Waals surface area contributed by atoms with E-state index in [1.807, 2.05) is 0 Å². The molecule has 1 saturated carbocycles. The molecule has 1 aliphatic rings. The van der Waals surface area contributed by atoms with Crippen LogP contribution in [-0.2, 0) is 0 Å². The van der Waals surface area contributed by atoms with Gasteiger partial charge in [-0.25, -0.2) is 4.39 Å². The van der Waals surface area contributed by atoms with Crippen molar-refractivity contribution in [2.24, 2.45) is 5.92 Å². The zero-order valence-corrected chi connectivity index (χ0v) is 11.9. The zero-order chi connectivity index (χ0) is 13.6. The predicted molar refractivity (Wildman–Crippen MR) is 75.7 cm³/mol. The first-order valence-corrected chi connectivity index (χ1v) is 6.98. The molecule has 2 aromatic rings. The Bertz CT molecular complexity index is 672. The molecule has 1 aromatic heterocycles. The number of aromatic amines is 1. The van der Waals surface area contributed by atoms with Crippen LogP contribution in [0.25, 0.3) is 11.0 Å². The van der Waals surface area contributed by atoms with E-state index in [0.29, 0.717) is 10.8 Å². The fraction of sp³-hybridized carbons (Fsp3) is 0.500. The molecule has 0 amide bonds. The molecule has 0 spiro atoms. The van der Waals surface area contributed by atoms with E-state index in [9.17, 15) is 4.39 Å². The summed E-state index contributed by atoms with van der Waals surface area (Å²) in [5, 5.41) is 0. The van der Waals surface area contributed by atoms with Gasteiger partial charge in [-0.15, -0.1) is 0 Å². The lowest BCUT2D eigenvalue weighted by Crippen LogP contribution is -2.06. The Balaban J connectivity index is 2.11. The van der Waals surface area contributed by atoms with Gasteiger partial charge in [0.15, 0.2) is 16.3 Å². The second-order valence-corrected chi connectivity index (χ2v) is 5.72. The number of imidazole rings is 1. The number of rotatable bonds is 4. The van der Waals surface area contributed by atoms with Crippen LogP contribution in [-0.4, -0.2) is 16.7 Å². The summed E-state index contributed by atoms with van der Waals surface area (Å²) in [6, 6.07) is 3.49. The first kappa shape index (κ1) is 12.7. The molecule has 1 atom stereocenters. The molecular weight excluding hydrogens is 263 g/mol. The van der Waals surface area contributed by atoms with Crippen LogP contribution in [0.2, 0.25) is 0 Å². The van der Waals surface area contributed by atoms with E-state index >= 15 is 0 Å². The topological polar surface area (TPSA) is 29.9 Å². The highest BCUT2D eigenvalue weighted by atomic mass is 32.1. The number of nitrogens with zero attached hydrogens (tertiary/aromatic N) is 1. The third-order valence-electron chi connectivity index (χ3n) is 3.80. The van der Waals surface area contributed by atoms with Crippen LogP contribution in [0, 0.1) is 16.5 Å². The molecule has 3 nitrogen and oxygen atoms in total. The highest BCUT2D eigenvalue weighted by molar-refractivity contribution is 7.71. The van der Waals surface area contributed by atoms with Crippen molar-refractivity contribution in [3.05, 3.63) is 22.7 Å². The lowest BCUT2D eigenvalue weighted by atomic mass is 10.1. The fourth-order valence-electron chi connectivity index (χ4n) is 2.66. The van der Waals surface area contributed by atoms with Crippen molar-refractivity contribution < 1.29 is 9.13 Å². The lowest BCUT2D eigenvalue weighted by molar-refractivity contribution is 0.387. The largest absolute Gasteiger partial charge is 0.494 e. The maximum Gasteiger partial charge on any atom is 0.178 e. The minimum atomic E-state index is -0.367. The molecule has 1 fully saturated rings. The molecule has 0 bridgehead atoms. The van der Waals surface area contributed by atoms with Crippen molar-refractivity contribution >= 4 is 23.3 Å². The van der Waals surface area contributed by atoms with Gasteiger partial charge in [-0.05, 0) is 31.5 Å². The summed E-state index contributed by atoms with van der Waals surface area (Å²) >= 11 is 5.37. The number of hydrogen-bond donors (Lipinski definition) is 1. The molecule has 1 heterocycles. The van der Waals surface area contributed by atoms with E-state index in [1.54, 1.807) is 6.07 Å². The summed E-state index contributed by atoms with van der Waals surface area (Å²) in [6.45, 7) is 2.16. The van der Waals surface area contributed by atoms with E-state index in [0.717, 1.165) is 23.4 Å². The van der Waals surface area contributed by atoms with Crippen molar-refractivity contribution in [3.8, 4) is 5.75 Å². The summed E-state index contributed by atoms with van der Waals surface area (Å²) in [5.41, 5.74) is 1.64. The van der Waals surface area contributed by atoms with Crippen molar-refractivity contribution in [3.63, 3.8) is 0 Å². The molecule has 0 radical (unpaired) electrons. The van der Waals surface area contributed by atoms with Gasteiger partial charge >= 0.3 is 0 Å². The molecule has 1 N–H and O–H groups in total. The van der Waals surface area contributed by atoms with Crippen LogP contribution in [0.3, 0.4) is 0 Å². The van der Waals surface area contributed by atoms with Crippen LogP contribution in [0.4, 0.5) is 4.39 Å². The van der Waals surface area contributed by atoms with Gasteiger partial charge in [0.2, 0.25) is 0 Å². The number of aromatic nitrogens is 2. The molecule has 102 valence electrons. The minimum Gasteiger partial charge on any atom is -0.494 e. The molecule has 3 rings (SSSR count). The number of H-pyrrole nitrogens is 1. The summed E-state index contributed by atoms with van der Waals surface area (Å²) in [6.07, 6.45) is 3.76. The maximum absolute atomic E-state index is 13.7. The number of ether oxygens (including phenoxy) is 1. The van der Waals surface area contributed by atoms with Crippen molar-refractivity contribution in [2.75, 3.05) is 7.11 Å². The Hall–Kier alpha value is -1.36. The number of methoxy groups -OCH3 is 1. The highest BCUT2D eigenvalue weighted by Crippen LogP contribution is 2.38. The lowest BCUT2D eigenvalue weighted by Gasteiger charge is -2.14. The van der Waals surface area contributed by atoms with Crippen LogP contribution >= 0.6 is 12.2 Å². The Kier molecular flexibility index (Phi) is 3.09. The summed E-state index contributed by atoms with van der Waals surface area (Å²) < 4.78 is 21.5. The Labute approximate surface area is 116 Å². The van der Waals surface area contributed by atoms with Crippen LogP contribution in [0.1, 0.15) is 32.2 Å². The van der Waals surface area contributed by atoms with E-state index in [2.05, 4.69) is 16.5 Å². The summed E-state index contributed by atoms with van der Waals surface area (Å²) in [4.78, 5) is 3.08. The normalized spacial score (nSPS) is 16.8. The van der Waals surface area contributed by atoms with Crippen LogP contribution in [0.15, 0.2) is 12.1 Å². The monoisotopic (exact) mass is 280 g/mol. The minimum absolute atomic E-state index is 0.258. The number of halogens is 1. The average Bonchev–Trinajstić information content (AvgIpc) is 3.10. The van der Waals surface area contributed by atoms with E-state index < -0.39 is 0 Å². The maximum atomic E-state index is 13.7. The van der Waals surface area contributed by atoms with Crippen molar-refractivity contribution in [1.29, 1.82) is 0 Å². The quantitative estimate of drug-likeness (QED) is 0.850. The second-order valence-electron chi connectivity index (χ2n) is 5.33. The van der Waals surface area contributed by atoms with Gasteiger partial charge in [0.1, 0.15) is 0 Å². The van der Waals surface area contributed by atoms with Gasteiger partial charge < -0.3 is 14.3 Å². The molecule has 0 saturated heterocycles. The average molecular weight is 280 g/mol. The van der Waals surface area contributed by atoms with E-state index in [-0.39, 0.29) is 11.6 Å². The Morgan fingerprint density at radius 2 is 2.26 bits per heavy atom. The third-order valence-corrected chi connectivity index (χ3v) is 4.10. The van der Waals surface area contributed by atoms with Crippen LogP contribution < -0.4 is 4.74 Å². The fourth-order valence-corrected chi connectivity index (χ4v) is 3.05. The predicted octanol–water partition coefficient (Wildman–Crippen LogP) is 4.21. The van der Waals surface area contributed by atoms with Gasteiger partial charge in [-0.2, -0.15) is 0 Å². The van der Waals surface area contributed by atoms with Gasteiger partial charge in [0.25, 0.3) is 0 Å². The first-order valence-electron chi connectivity index (χ1n) is 6.58. The number of hydrogen-bond acceptors (Lipinski definition) is 2. The first-order chi connectivity index (χ1) is 9.10. The second kappa shape index (κ2) is 4.63. The van der Waals surface area contributed by atoms with E-state index in [4.69, 9.17) is 17.0 Å². The molecule has 1 aliphatic carbocycles. The molecule has 5 heteroatoms. The van der Waals surface area contributed by atoms with E-state index in [1.165, 1.54) is 26.0 Å². The standard InChI is InChI=1S/C14H17FN2OS/c1-8(5-9-3-4-9)17-12-7-13(18-2)10(15)6-11(12)16-14(17)19/h6-9H,3-5H2,1-2H3,(H,16,19). The number of fused-ring (bicyclic) bond motifs is 1. The van der Waals surface area contributed by atoms with Gasteiger partial charge in [0.05, 0.1) is 18.1 Å². The number of benzene rings is 1. The van der Waals surface area contributed by atoms with Crippen molar-refractivity contribution in [2.45, 2.75) is 32.2 Å². The summed E-state index contributed by atoms with van der Waals surface area (Å²) in [7, 11) is 1.48.